The number of hydrogen-bond donors (Lipinski definition) is 2. The lowest BCUT2D eigenvalue weighted by molar-refractivity contribution is -0.193. The average molecular weight is 585 g/mol. The minimum absolute atomic E-state index is 0.147. The van der Waals surface area contributed by atoms with Crippen LogP contribution in [0.25, 0.3) is 0 Å². The minimum Gasteiger partial charge on any atom is -0.371 e. The van der Waals surface area contributed by atoms with Crippen LogP contribution >= 0.6 is 0 Å². The zero-order valence-electron chi connectivity index (χ0n) is 20.3. The topological polar surface area (TPSA) is 61.4 Å². The van der Waals surface area contributed by atoms with Gasteiger partial charge in [0.2, 0.25) is 0 Å². The molecule has 3 heterocycles. The van der Waals surface area contributed by atoms with Gasteiger partial charge in [-0.3, -0.25) is 9.59 Å². The van der Waals surface area contributed by atoms with E-state index in [0.29, 0.717) is 17.5 Å². The molecule has 40 heavy (non-hydrogen) atoms. The van der Waals surface area contributed by atoms with Gasteiger partial charge in [0.25, 0.3) is 0 Å². The van der Waals surface area contributed by atoms with Crippen LogP contribution in [0.4, 0.5) is 61.0 Å². The minimum atomic E-state index is -5.77. The second kappa shape index (κ2) is 10.6. The normalized spacial score (nSPS) is 20.2. The van der Waals surface area contributed by atoms with Gasteiger partial charge in [-0.15, -0.1) is 0 Å². The van der Waals surface area contributed by atoms with E-state index in [9.17, 15) is 53.5 Å². The molecule has 3 aliphatic rings. The summed E-state index contributed by atoms with van der Waals surface area (Å²) in [5.74, 6) is -6.57. The molecule has 1 saturated heterocycles. The van der Waals surface area contributed by atoms with E-state index < -0.39 is 41.5 Å². The van der Waals surface area contributed by atoms with Crippen molar-refractivity contribution in [2.45, 2.75) is 37.3 Å². The van der Waals surface area contributed by atoms with Crippen LogP contribution in [0.5, 0.6) is 0 Å². The Morgan fingerprint density at radius 1 is 0.900 bits per heavy atom. The first kappa shape index (κ1) is 29.6. The molecule has 2 aromatic rings. The first-order valence-corrected chi connectivity index (χ1v) is 12.0. The van der Waals surface area contributed by atoms with Gasteiger partial charge in [0.1, 0.15) is 5.82 Å². The zero-order chi connectivity index (χ0) is 29.6. The summed E-state index contributed by atoms with van der Waals surface area (Å²) in [6.45, 7) is 3.98. The molecule has 2 atom stereocenters. The lowest BCUT2D eigenvalue weighted by Crippen LogP contribution is -2.41. The Hall–Kier alpha value is -3.36. The Balaban J connectivity index is 0.000000263. The van der Waals surface area contributed by atoms with E-state index in [4.69, 9.17) is 0 Å². The third kappa shape index (κ3) is 6.18. The highest BCUT2D eigenvalue weighted by Crippen LogP contribution is 2.46. The van der Waals surface area contributed by atoms with E-state index in [1.807, 2.05) is 12.1 Å². The number of carbonyl (C=O) groups is 2. The summed E-state index contributed by atoms with van der Waals surface area (Å²) in [6, 6.07) is 6.44. The molecule has 0 amide bonds. The molecule has 0 bridgehead atoms. The van der Waals surface area contributed by atoms with Crippen LogP contribution in [0.1, 0.15) is 29.0 Å². The molecule has 0 aliphatic carbocycles. The quantitative estimate of drug-likeness (QED) is 0.347. The number of ketones is 2. The fraction of sp³-hybridized carbons (Fsp3) is 0.440. The SMILES string of the molecule is Fc1ccc(C(F)(F)F)cc1Nc1cc2c3c(c1)[C@@H]1CNC[C@@H]1CN3CCC2.O=C(C(=O)C(F)(F)F)C(F)(F)F. The van der Waals surface area contributed by atoms with E-state index in [-0.39, 0.29) is 5.69 Å². The number of Topliss-reactive ketones (excluding diaryl/α,β-unsaturated/α-hetero) is 2. The highest BCUT2D eigenvalue weighted by molar-refractivity contribution is 6.41. The summed E-state index contributed by atoms with van der Waals surface area (Å²) < 4.78 is 120. The van der Waals surface area contributed by atoms with Crippen LogP contribution in [0.15, 0.2) is 30.3 Å². The number of fused-ring (bicyclic) bond motifs is 2. The van der Waals surface area contributed by atoms with Gasteiger partial charge in [0.15, 0.2) is 0 Å². The Morgan fingerprint density at radius 2 is 1.55 bits per heavy atom. The highest BCUT2D eigenvalue weighted by atomic mass is 19.4. The summed E-state index contributed by atoms with van der Waals surface area (Å²) in [7, 11) is 0. The van der Waals surface area contributed by atoms with Gasteiger partial charge in [0, 0.05) is 43.5 Å². The number of nitrogens with zero attached hydrogens (tertiary/aromatic N) is 1. The first-order valence-electron chi connectivity index (χ1n) is 12.0. The Bertz CT molecular complexity index is 1280. The van der Waals surface area contributed by atoms with Crippen molar-refractivity contribution in [1.29, 1.82) is 0 Å². The lowest BCUT2D eigenvalue weighted by Gasteiger charge is -2.42. The predicted molar refractivity (Wildman–Crippen MR) is 123 cm³/mol. The molecule has 0 radical (unpaired) electrons. The molecule has 0 unspecified atom stereocenters. The summed E-state index contributed by atoms with van der Waals surface area (Å²) in [6.07, 6.45) is -14.1. The number of nitrogens with one attached hydrogen (secondary N) is 2. The van der Waals surface area contributed by atoms with Crippen LogP contribution in [-0.4, -0.2) is 50.1 Å². The molecule has 0 saturated carbocycles. The van der Waals surface area contributed by atoms with Crippen LogP contribution < -0.4 is 15.5 Å². The molecule has 2 N–H and O–H groups in total. The summed E-state index contributed by atoms with van der Waals surface area (Å²) >= 11 is 0. The van der Waals surface area contributed by atoms with Crippen molar-refractivity contribution in [3.63, 3.8) is 0 Å². The van der Waals surface area contributed by atoms with Crippen molar-refractivity contribution in [2.75, 3.05) is 36.4 Å². The zero-order valence-corrected chi connectivity index (χ0v) is 20.3. The number of carbonyl (C=O) groups excluding carboxylic acids is 2. The molecule has 218 valence electrons. The number of alkyl halides is 9. The standard InChI is InChI=1S/C21H21F4N3.C4F6O2/c22-18-4-3-14(21(23,24)25)7-19(18)27-15-6-12-2-1-5-28-11-13-9-26-10-17(13)16(8-15)20(12)28;5-3(6,7)1(11)2(12)4(8,9)10/h3-4,6-8,13,17,26-27H,1-2,5,9-11H2;/t13-,17-;/m1./s1. The molecule has 2 aromatic carbocycles. The molecule has 0 spiro atoms. The fourth-order valence-corrected chi connectivity index (χ4v) is 5.19. The van der Waals surface area contributed by atoms with E-state index in [2.05, 4.69) is 15.5 Å². The van der Waals surface area contributed by atoms with Gasteiger partial charge < -0.3 is 15.5 Å². The number of benzene rings is 2. The van der Waals surface area contributed by atoms with E-state index in [1.165, 1.54) is 16.8 Å². The Labute approximate surface area is 220 Å². The van der Waals surface area contributed by atoms with E-state index >= 15 is 0 Å². The van der Waals surface area contributed by atoms with E-state index in [0.717, 1.165) is 57.2 Å². The van der Waals surface area contributed by atoms with Crippen molar-refractivity contribution >= 4 is 28.6 Å². The van der Waals surface area contributed by atoms with Gasteiger partial charge >= 0.3 is 30.1 Å². The highest BCUT2D eigenvalue weighted by Gasteiger charge is 2.54. The smallest absolute Gasteiger partial charge is 0.371 e. The van der Waals surface area contributed by atoms with Crippen molar-refractivity contribution in [3.8, 4) is 0 Å². The average Bonchev–Trinajstić information content (AvgIpc) is 3.32. The maximum Gasteiger partial charge on any atom is 0.458 e. The second-order valence-electron chi connectivity index (χ2n) is 9.62. The molecule has 15 heteroatoms. The van der Waals surface area contributed by atoms with E-state index in [1.54, 1.807) is 0 Å². The maximum absolute atomic E-state index is 14.2. The van der Waals surface area contributed by atoms with Crippen LogP contribution in [0, 0.1) is 11.7 Å². The largest absolute Gasteiger partial charge is 0.458 e. The molecule has 5 nitrogen and oxygen atoms in total. The Kier molecular flexibility index (Phi) is 7.82. The number of hydrogen-bond acceptors (Lipinski definition) is 5. The molecular weight excluding hydrogens is 564 g/mol. The number of halogens is 10. The number of anilines is 3. The van der Waals surface area contributed by atoms with Gasteiger partial charge in [-0.1, -0.05) is 0 Å². The van der Waals surface area contributed by atoms with Crippen LogP contribution in [0.2, 0.25) is 0 Å². The van der Waals surface area contributed by atoms with Crippen molar-refractivity contribution in [1.82, 2.24) is 5.32 Å². The second-order valence-corrected chi connectivity index (χ2v) is 9.62. The molecule has 0 aromatic heterocycles. The van der Waals surface area contributed by atoms with Gasteiger partial charge in [-0.05, 0) is 60.2 Å². The van der Waals surface area contributed by atoms with Crippen molar-refractivity contribution in [3.05, 3.63) is 52.8 Å². The predicted octanol–water partition coefficient (Wildman–Crippen LogP) is 5.91. The molecular formula is C25H21F10N3O2. The van der Waals surface area contributed by atoms with Gasteiger partial charge in [-0.2, -0.15) is 39.5 Å². The lowest BCUT2D eigenvalue weighted by atomic mass is 9.80. The fourth-order valence-electron chi connectivity index (χ4n) is 5.19. The number of aryl methyl sites for hydroxylation is 1. The third-order valence-electron chi connectivity index (χ3n) is 6.90. The van der Waals surface area contributed by atoms with Gasteiger partial charge in [-0.25, -0.2) is 4.39 Å². The number of rotatable bonds is 3. The van der Waals surface area contributed by atoms with Crippen molar-refractivity contribution < 1.29 is 53.5 Å². The molecule has 3 aliphatic heterocycles. The maximum atomic E-state index is 14.2. The van der Waals surface area contributed by atoms with Crippen LogP contribution in [-0.2, 0) is 22.2 Å². The summed E-state index contributed by atoms with van der Waals surface area (Å²) in [5, 5.41) is 6.37. The first-order chi connectivity index (χ1) is 18.5. The van der Waals surface area contributed by atoms with Gasteiger partial charge in [0.05, 0.1) is 11.3 Å². The summed E-state index contributed by atoms with van der Waals surface area (Å²) in [4.78, 5) is 21.7. The van der Waals surface area contributed by atoms with Crippen LogP contribution in [0.3, 0.4) is 0 Å². The Morgan fingerprint density at radius 3 is 2.15 bits per heavy atom. The third-order valence-corrected chi connectivity index (χ3v) is 6.90. The van der Waals surface area contributed by atoms with Crippen molar-refractivity contribution in [2.24, 2.45) is 5.92 Å². The summed E-state index contributed by atoms with van der Waals surface area (Å²) in [5.41, 5.74) is 3.36. The monoisotopic (exact) mass is 585 g/mol. The molecule has 5 rings (SSSR count). The molecule has 1 fully saturated rings.